The highest BCUT2D eigenvalue weighted by Gasteiger charge is 2.16. The van der Waals surface area contributed by atoms with E-state index < -0.39 is 0 Å². The maximum Gasteiger partial charge on any atom is 0.225 e. The number of anilines is 3. The summed E-state index contributed by atoms with van der Waals surface area (Å²) in [6, 6.07) is 8.38. The number of hydrogen-bond donors (Lipinski definition) is 2. The first-order valence-electron chi connectivity index (χ1n) is 7.83. The van der Waals surface area contributed by atoms with Gasteiger partial charge in [-0.05, 0) is 33.3 Å². The number of nitrogens with one attached hydrogen (secondary N) is 2. The summed E-state index contributed by atoms with van der Waals surface area (Å²) in [5.41, 5.74) is 2.09. The van der Waals surface area contributed by atoms with Gasteiger partial charge in [0.2, 0.25) is 5.95 Å². The number of thiophene rings is 1. The van der Waals surface area contributed by atoms with Crippen LogP contribution in [-0.4, -0.2) is 15.5 Å². The molecule has 120 valence electrons. The second-order valence-corrected chi connectivity index (χ2v) is 7.27. The fourth-order valence-corrected chi connectivity index (χ4v) is 3.11. The SMILES string of the molecule is CCC(C)(C)Nc1ncc(C)c(Nc2csc3ccccc23)n1. The highest BCUT2D eigenvalue weighted by molar-refractivity contribution is 7.17. The average Bonchev–Trinajstić information content (AvgIpc) is 2.94. The van der Waals surface area contributed by atoms with Gasteiger partial charge in [0.15, 0.2) is 0 Å². The lowest BCUT2D eigenvalue weighted by Crippen LogP contribution is -2.30. The zero-order valence-electron chi connectivity index (χ0n) is 14.0. The second kappa shape index (κ2) is 6.16. The molecule has 0 spiro atoms. The van der Waals surface area contributed by atoms with Gasteiger partial charge in [-0.1, -0.05) is 25.1 Å². The van der Waals surface area contributed by atoms with Crippen molar-refractivity contribution in [2.75, 3.05) is 10.6 Å². The number of aromatic nitrogens is 2. The smallest absolute Gasteiger partial charge is 0.225 e. The third kappa shape index (κ3) is 3.45. The van der Waals surface area contributed by atoms with Crippen LogP contribution < -0.4 is 10.6 Å². The zero-order chi connectivity index (χ0) is 16.4. The van der Waals surface area contributed by atoms with Crippen molar-refractivity contribution in [2.45, 2.75) is 39.7 Å². The third-order valence-corrected chi connectivity index (χ3v) is 5.00. The standard InChI is InChI=1S/C18H22N4S/c1-5-18(3,4)22-17-19-10-12(2)16(21-17)20-14-11-23-15-9-7-6-8-13(14)15/h6-11H,5H2,1-4H3,(H2,19,20,21,22). The minimum absolute atomic E-state index is 0.0262. The van der Waals surface area contributed by atoms with Crippen LogP contribution in [0.25, 0.3) is 10.1 Å². The van der Waals surface area contributed by atoms with E-state index in [2.05, 4.69) is 71.0 Å². The molecule has 3 aromatic rings. The van der Waals surface area contributed by atoms with E-state index >= 15 is 0 Å². The van der Waals surface area contributed by atoms with Gasteiger partial charge in [0, 0.05) is 32.8 Å². The highest BCUT2D eigenvalue weighted by Crippen LogP contribution is 2.32. The fourth-order valence-electron chi connectivity index (χ4n) is 2.22. The first-order chi connectivity index (χ1) is 11.0. The summed E-state index contributed by atoms with van der Waals surface area (Å²) in [5.74, 6) is 1.50. The van der Waals surface area contributed by atoms with E-state index in [-0.39, 0.29) is 5.54 Å². The molecule has 2 N–H and O–H groups in total. The Balaban J connectivity index is 1.90. The number of aryl methyl sites for hydroxylation is 1. The Morgan fingerprint density at radius 1 is 1.22 bits per heavy atom. The third-order valence-electron chi connectivity index (χ3n) is 4.04. The molecule has 0 unspecified atom stereocenters. The average molecular weight is 326 g/mol. The Labute approximate surface area is 141 Å². The molecule has 23 heavy (non-hydrogen) atoms. The van der Waals surface area contributed by atoms with Crippen molar-refractivity contribution in [1.29, 1.82) is 0 Å². The normalized spacial score (nSPS) is 11.7. The van der Waals surface area contributed by atoms with Gasteiger partial charge in [0.1, 0.15) is 5.82 Å². The molecule has 0 atom stereocenters. The molecule has 5 heteroatoms. The molecule has 2 aromatic heterocycles. The molecule has 0 saturated carbocycles. The molecular weight excluding hydrogens is 304 g/mol. The van der Waals surface area contributed by atoms with Crippen molar-refractivity contribution in [3.8, 4) is 0 Å². The lowest BCUT2D eigenvalue weighted by molar-refractivity contribution is 0.542. The number of benzene rings is 1. The summed E-state index contributed by atoms with van der Waals surface area (Å²) < 4.78 is 1.27. The summed E-state index contributed by atoms with van der Waals surface area (Å²) in [7, 11) is 0. The summed E-state index contributed by atoms with van der Waals surface area (Å²) in [4.78, 5) is 9.06. The first-order valence-corrected chi connectivity index (χ1v) is 8.71. The minimum Gasteiger partial charge on any atom is -0.349 e. The Bertz CT molecular complexity index is 823. The van der Waals surface area contributed by atoms with E-state index in [1.54, 1.807) is 11.3 Å². The molecule has 0 radical (unpaired) electrons. The highest BCUT2D eigenvalue weighted by atomic mass is 32.1. The maximum absolute atomic E-state index is 4.66. The Morgan fingerprint density at radius 2 is 2.00 bits per heavy atom. The van der Waals surface area contributed by atoms with E-state index in [9.17, 15) is 0 Å². The van der Waals surface area contributed by atoms with Gasteiger partial charge in [0.25, 0.3) is 0 Å². The van der Waals surface area contributed by atoms with Crippen molar-refractivity contribution in [2.24, 2.45) is 0 Å². The fraction of sp³-hybridized carbons (Fsp3) is 0.333. The topological polar surface area (TPSA) is 49.8 Å². The van der Waals surface area contributed by atoms with E-state index in [0.717, 1.165) is 23.5 Å². The summed E-state index contributed by atoms with van der Waals surface area (Å²) in [5, 5.41) is 10.2. The van der Waals surface area contributed by atoms with Gasteiger partial charge >= 0.3 is 0 Å². The van der Waals surface area contributed by atoms with Gasteiger partial charge in [-0.3, -0.25) is 0 Å². The van der Waals surface area contributed by atoms with E-state index in [1.165, 1.54) is 10.1 Å². The van der Waals surface area contributed by atoms with Crippen LogP contribution in [0, 0.1) is 6.92 Å². The summed E-state index contributed by atoms with van der Waals surface area (Å²) in [6.07, 6.45) is 2.86. The van der Waals surface area contributed by atoms with Crippen LogP contribution in [0.1, 0.15) is 32.8 Å². The van der Waals surface area contributed by atoms with Gasteiger partial charge in [0.05, 0.1) is 5.69 Å². The molecule has 0 saturated heterocycles. The van der Waals surface area contributed by atoms with Crippen molar-refractivity contribution >= 4 is 38.9 Å². The number of fused-ring (bicyclic) bond motifs is 1. The quantitative estimate of drug-likeness (QED) is 0.664. The minimum atomic E-state index is -0.0262. The van der Waals surface area contributed by atoms with Gasteiger partial charge < -0.3 is 10.6 Å². The van der Waals surface area contributed by atoms with E-state index in [1.807, 2.05) is 13.1 Å². The first kappa shape index (κ1) is 15.7. The van der Waals surface area contributed by atoms with Crippen LogP contribution >= 0.6 is 11.3 Å². The molecule has 0 amide bonds. The Morgan fingerprint density at radius 3 is 2.78 bits per heavy atom. The lowest BCUT2D eigenvalue weighted by atomic mass is 10.0. The Kier molecular flexibility index (Phi) is 4.22. The number of nitrogens with zero attached hydrogens (tertiary/aromatic N) is 2. The molecule has 1 aromatic carbocycles. The molecule has 0 bridgehead atoms. The Hall–Kier alpha value is -2.14. The van der Waals surface area contributed by atoms with Gasteiger partial charge in [-0.15, -0.1) is 11.3 Å². The maximum atomic E-state index is 4.66. The van der Waals surface area contributed by atoms with Crippen LogP contribution in [0.3, 0.4) is 0 Å². The second-order valence-electron chi connectivity index (χ2n) is 6.36. The van der Waals surface area contributed by atoms with Crippen LogP contribution in [0.5, 0.6) is 0 Å². The van der Waals surface area contributed by atoms with Crippen molar-refractivity contribution < 1.29 is 0 Å². The van der Waals surface area contributed by atoms with E-state index in [0.29, 0.717) is 5.95 Å². The van der Waals surface area contributed by atoms with Crippen LogP contribution in [0.4, 0.5) is 17.5 Å². The van der Waals surface area contributed by atoms with Crippen LogP contribution in [-0.2, 0) is 0 Å². The zero-order valence-corrected chi connectivity index (χ0v) is 14.8. The lowest BCUT2D eigenvalue weighted by Gasteiger charge is -2.24. The predicted octanol–water partition coefficient (Wildman–Crippen LogP) is 5.34. The van der Waals surface area contributed by atoms with Crippen molar-refractivity contribution in [3.63, 3.8) is 0 Å². The predicted molar refractivity (Wildman–Crippen MR) is 99.9 cm³/mol. The molecule has 0 aliphatic rings. The molecule has 2 heterocycles. The van der Waals surface area contributed by atoms with E-state index in [4.69, 9.17) is 0 Å². The molecular formula is C18H22N4S. The van der Waals surface area contributed by atoms with Crippen LogP contribution in [0.15, 0.2) is 35.8 Å². The van der Waals surface area contributed by atoms with Crippen LogP contribution in [0.2, 0.25) is 0 Å². The molecule has 0 aliphatic carbocycles. The number of rotatable bonds is 5. The van der Waals surface area contributed by atoms with Crippen molar-refractivity contribution in [1.82, 2.24) is 9.97 Å². The van der Waals surface area contributed by atoms with Gasteiger partial charge in [-0.25, -0.2) is 4.98 Å². The molecule has 0 aliphatic heterocycles. The monoisotopic (exact) mass is 326 g/mol. The number of hydrogen-bond acceptors (Lipinski definition) is 5. The molecule has 3 rings (SSSR count). The molecule has 4 nitrogen and oxygen atoms in total. The summed E-state index contributed by atoms with van der Waals surface area (Å²) in [6.45, 7) is 8.47. The largest absolute Gasteiger partial charge is 0.349 e. The van der Waals surface area contributed by atoms with Gasteiger partial charge in [-0.2, -0.15) is 4.98 Å². The summed E-state index contributed by atoms with van der Waals surface area (Å²) >= 11 is 1.74. The molecule has 0 fully saturated rings. The van der Waals surface area contributed by atoms with Crippen molar-refractivity contribution in [3.05, 3.63) is 41.4 Å².